The molecule has 2 atom stereocenters. The highest BCUT2D eigenvalue weighted by atomic mass is 35.5. The number of ketones is 1. The summed E-state index contributed by atoms with van der Waals surface area (Å²) in [6.45, 7) is 0. The van der Waals surface area contributed by atoms with E-state index >= 15 is 0 Å². The van der Waals surface area contributed by atoms with Crippen molar-refractivity contribution in [3.8, 4) is 0 Å². The maximum atomic E-state index is 13.5. The number of alkyl halides is 1. The molecule has 2 aromatic rings. The maximum Gasteiger partial charge on any atom is 0.356 e. The van der Waals surface area contributed by atoms with Gasteiger partial charge in [-0.2, -0.15) is 0 Å². The largest absolute Gasteiger partial charge is 0.481 e. The fourth-order valence-electron chi connectivity index (χ4n) is 4.25. The molecular formula is C26H24ClNO6S. The van der Waals surface area contributed by atoms with Crippen LogP contribution in [-0.2, 0) is 23.9 Å². The van der Waals surface area contributed by atoms with E-state index in [0.717, 1.165) is 11.1 Å². The van der Waals surface area contributed by atoms with Gasteiger partial charge in [0.05, 0.1) is 0 Å². The molecule has 2 aromatic carbocycles. The lowest BCUT2D eigenvalue weighted by atomic mass is 9.89. The first kappa shape index (κ1) is 25.0. The van der Waals surface area contributed by atoms with Crippen molar-refractivity contribution in [1.82, 2.24) is 4.90 Å². The number of ether oxygens (including phenoxy) is 1. The molecule has 182 valence electrons. The minimum Gasteiger partial charge on any atom is -0.481 e. The summed E-state index contributed by atoms with van der Waals surface area (Å²) in [6.07, 6.45) is -0.652. The van der Waals surface area contributed by atoms with E-state index in [4.69, 9.17) is 21.4 Å². The van der Waals surface area contributed by atoms with Gasteiger partial charge in [-0.05, 0) is 23.1 Å². The number of carbonyl (C=O) groups excluding carboxylic acids is 3. The normalized spacial score (nSPS) is 19.3. The summed E-state index contributed by atoms with van der Waals surface area (Å²) >= 11 is 7.51. The van der Waals surface area contributed by atoms with Crippen LogP contribution in [-0.4, -0.2) is 50.6 Å². The fourth-order valence-corrected chi connectivity index (χ4v) is 6.02. The molecule has 0 aromatic heterocycles. The summed E-state index contributed by atoms with van der Waals surface area (Å²) < 4.78 is 5.97. The van der Waals surface area contributed by atoms with Gasteiger partial charge in [-0.15, -0.1) is 23.4 Å². The van der Waals surface area contributed by atoms with Gasteiger partial charge in [-0.1, -0.05) is 60.7 Å². The summed E-state index contributed by atoms with van der Waals surface area (Å²) in [4.78, 5) is 51.2. The minimum absolute atomic E-state index is 0.00352. The highest BCUT2D eigenvalue weighted by Crippen LogP contribution is 2.45. The highest BCUT2D eigenvalue weighted by Gasteiger charge is 2.56. The molecule has 0 bridgehead atoms. The SMILES string of the molecule is O=C(O)CCCC(=O)C1C(=O)N2C(C(=O)OC(c3ccccc3)c3ccccc3)=C(CCl)CSC12. The average molecular weight is 514 g/mol. The highest BCUT2D eigenvalue weighted by molar-refractivity contribution is 8.00. The number of fused-ring (bicyclic) bond motifs is 1. The van der Waals surface area contributed by atoms with E-state index in [9.17, 15) is 19.2 Å². The average Bonchev–Trinajstić information content (AvgIpc) is 2.87. The molecule has 9 heteroatoms. The van der Waals surface area contributed by atoms with Crippen LogP contribution in [0.5, 0.6) is 0 Å². The molecule has 7 nitrogen and oxygen atoms in total. The van der Waals surface area contributed by atoms with Gasteiger partial charge in [-0.3, -0.25) is 19.3 Å². The van der Waals surface area contributed by atoms with E-state index in [-0.39, 0.29) is 36.6 Å². The number of benzene rings is 2. The van der Waals surface area contributed by atoms with Crippen molar-refractivity contribution in [3.63, 3.8) is 0 Å². The van der Waals surface area contributed by atoms with E-state index in [1.54, 1.807) is 0 Å². The van der Waals surface area contributed by atoms with Crippen molar-refractivity contribution in [2.75, 3.05) is 11.6 Å². The third kappa shape index (κ3) is 5.28. The minimum atomic E-state index is -0.988. The molecule has 1 N–H and O–H groups in total. The van der Waals surface area contributed by atoms with Crippen molar-refractivity contribution in [2.45, 2.75) is 30.7 Å². The Morgan fingerprint density at radius 3 is 2.17 bits per heavy atom. The first-order chi connectivity index (χ1) is 16.9. The number of carboxylic acids is 1. The Balaban J connectivity index is 1.56. The topological polar surface area (TPSA) is 101 Å². The summed E-state index contributed by atoms with van der Waals surface area (Å²) in [5.41, 5.74) is 2.23. The molecule has 1 saturated heterocycles. The lowest BCUT2D eigenvalue weighted by Gasteiger charge is -2.49. The zero-order valence-electron chi connectivity index (χ0n) is 18.8. The summed E-state index contributed by atoms with van der Waals surface area (Å²) in [5.74, 6) is -2.90. The number of hydrogen-bond donors (Lipinski definition) is 1. The molecule has 0 spiro atoms. The number of thioether (sulfide) groups is 1. The predicted molar refractivity (Wildman–Crippen MR) is 132 cm³/mol. The Morgan fingerprint density at radius 1 is 1.03 bits per heavy atom. The van der Waals surface area contributed by atoms with E-state index < -0.39 is 35.2 Å². The number of nitrogens with zero attached hydrogens (tertiary/aromatic N) is 1. The number of amides is 1. The van der Waals surface area contributed by atoms with Crippen LogP contribution < -0.4 is 0 Å². The molecular weight excluding hydrogens is 490 g/mol. The van der Waals surface area contributed by atoms with Crippen molar-refractivity contribution >= 4 is 47.0 Å². The number of carbonyl (C=O) groups is 4. The number of carboxylic acid groups (broad SMARTS) is 1. The second-order valence-electron chi connectivity index (χ2n) is 8.29. The number of hydrogen-bond acceptors (Lipinski definition) is 6. The van der Waals surface area contributed by atoms with E-state index in [1.807, 2.05) is 60.7 Å². The Hall–Kier alpha value is -3.10. The Kier molecular flexibility index (Phi) is 7.93. The van der Waals surface area contributed by atoms with E-state index in [0.29, 0.717) is 11.3 Å². The van der Waals surface area contributed by atoms with Crippen LogP contribution in [0.2, 0.25) is 0 Å². The van der Waals surface area contributed by atoms with Crippen LogP contribution in [0.15, 0.2) is 71.9 Å². The Morgan fingerprint density at radius 2 is 1.63 bits per heavy atom. The molecule has 2 aliphatic heterocycles. The number of aliphatic carboxylic acids is 1. The molecule has 1 amide bonds. The van der Waals surface area contributed by atoms with Crippen LogP contribution in [0.4, 0.5) is 0 Å². The van der Waals surface area contributed by atoms with Crippen molar-refractivity contribution in [3.05, 3.63) is 83.1 Å². The third-order valence-electron chi connectivity index (χ3n) is 5.99. The van der Waals surface area contributed by atoms with E-state index in [1.165, 1.54) is 16.7 Å². The first-order valence-electron chi connectivity index (χ1n) is 11.2. The summed E-state index contributed by atoms with van der Waals surface area (Å²) in [5, 5.41) is 8.28. The number of rotatable bonds is 10. The quantitative estimate of drug-likeness (QED) is 0.220. The molecule has 0 radical (unpaired) electrons. The second kappa shape index (κ2) is 11.1. The third-order valence-corrected chi connectivity index (χ3v) is 7.65. The number of β-lactam (4-membered cyclic amide) rings is 1. The van der Waals surface area contributed by atoms with Crippen molar-refractivity contribution in [1.29, 1.82) is 0 Å². The maximum absolute atomic E-state index is 13.5. The second-order valence-corrected chi connectivity index (χ2v) is 9.67. The Labute approximate surface area is 212 Å². The monoisotopic (exact) mass is 513 g/mol. The fraction of sp³-hybridized carbons (Fsp3) is 0.308. The smallest absolute Gasteiger partial charge is 0.356 e. The molecule has 2 heterocycles. The van der Waals surface area contributed by atoms with Crippen LogP contribution in [0.3, 0.4) is 0 Å². The van der Waals surface area contributed by atoms with Crippen molar-refractivity contribution in [2.24, 2.45) is 5.92 Å². The standard InChI is InChI=1S/C26H24ClNO6S/c27-14-18-15-35-25-21(19(29)12-7-13-20(30)31)24(32)28(25)22(18)26(33)34-23(16-8-3-1-4-9-16)17-10-5-2-6-11-17/h1-6,8-11,21,23,25H,7,12-15H2,(H,30,31). The zero-order chi connectivity index (χ0) is 24.9. The van der Waals surface area contributed by atoms with Gasteiger partial charge in [-0.25, -0.2) is 4.79 Å². The van der Waals surface area contributed by atoms with Gasteiger partial charge >= 0.3 is 11.9 Å². The first-order valence-corrected chi connectivity index (χ1v) is 12.8. The summed E-state index contributed by atoms with van der Waals surface area (Å²) in [6, 6.07) is 18.6. The molecule has 0 saturated carbocycles. The molecule has 2 aliphatic rings. The van der Waals surface area contributed by atoms with Gasteiger partial charge in [0, 0.05) is 24.5 Å². The van der Waals surface area contributed by atoms with Gasteiger partial charge in [0.2, 0.25) is 5.91 Å². The van der Waals surface area contributed by atoms with Gasteiger partial charge < -0.3 is 9.84 Å². The molecule has 35 heavy (non-hydrogen) atoms. The Bertz CT molecular complexity index is 1110. The van der Waals surface area contributed by atoms with Crippen LogP contribution in [0.25, 0.3) is 0 Å². The van der Waals surface area contributed by atoms with Crippen LogP contribution >= 0.6 is 23.4 Å². The number of Topliss-reactive ketones (excluding diaryl/α,β-unsaturated/α-hetero) is 1. The molecule has 0 aliphatic carbocycles. The molecule has 2 unspecified atom stereocenters. The van der Waals surface area contributed by atoms with Gasteiger partial charge in [0.1, 0.15) is 22.8 Å². The zero-order valence-corrected chi connectivity index (χ0v) is 20.3. The van der Waals surface area contributed by atoms with Crippen LogP contribution in [0.1, 0.15) is 36.5 Å². The number of halogens is 1. The summed E-state index contributed by atoms with van der Waals surface area (Å²) in [7, 11) is 0. The van der Waals surface area contributed by atoms with E-state index in [2.05, 4.69) is 0 Å². The van der Waals surface area contributed by atoms with Crippen LogP contribution in [0, 0.1) is 5.92 Å². The molecule has 4 rings (SSSR count). The molecule has 1 fully saturated rings. The van der Waals surface area contributed by atoms with Crippen molar-refractivity contribution < 1.29 is 29.0 Å². The van der Waals surface area contributed by atoms with Gasteiger partial charge in [0.25, 0.3) is 0 Å². The number of esters is 1. The predicted octanol–water partition coefficient (Wildman–Crippen LogP) is 4.17. The lowest BCUT2D eigenvalue weighted by Crippen LogP contribution is -2.64. The van der Waals surface area contributed by atoms with Gasteiger partial charge in [0.15, 0.2) is 6.10 Å². The lowest BCUT2D eigenvalue weighted by molar-refractivity contribution is -0.159.